The third-order valence-corrected chi connectivity index (χ3v) is 6.18. The van der Waals surface area contributed by atoms with Gasteiger partial charge in [-0.15, -0.1) is 0 Å². The fourth-order valence-corrected chi connectivity index (χ4v) is 4.70. The summed E-state index contributed by atoms with van der Waals surface area (Å²) in [6.07, 6.45) is 6.84. The highest BCUT2D eigenvalue weighted by atomic mass is 35.5. The predicted octanol–water partition coefficient (Wildman–Crippen LogP) is 4.24. The molecule has 0 aromatic carbocycles. The molecule has 1 aliphatic carbocycles. The van der Waals surface area contributed by atoms with Crippen molar-refractivity contribution >= 4 is 34.7 Å². The summed E-state index contributed by atoms with van der Waals surface area (Å²) >= 11 is 6.05. The van der Waals surface area contributed by atoms with E-state index in [1.807, 2.05) is 20.0 Å². The Bertz CT molecular complexity index is 1250. The zero-order chi connectivity index (χ0) is 21.7. The second kappa shape index (κ2) is 7.50. The van der Waals surface area contributed by atoms with Gasteiger partial charge in [0.1, 0.15) is 11.6 Å². The Balaban J connectivity index is 1.69. The molecule has 3 aromatic heterocycles. The number of rotatable bonds is 4. The Morgan fingerprint density at radius 1 is 1.19 bits per heavy atom. The van der Waals surface area contributed by atoms with Gasteiger partial charge in [-0.3, -0.25) is 4.79 Å². The fraction of sp³-hybridized carbons (Fsp3) is 0.304. The number of fused-ring (bicyclic) bond motifs is 5. The number of aryl methyl sites for hydroxylation is 2. The first-order valence-corrected chi connectivity index (χ1v) is 10.8. The van der Waals surface area contributed by atoms with Crippen LogP contribution in [0.4, 0.5) is 11.6 Å². The second-order valence-corrected chi connectivity index (χ2v) is 8.33. The number of aromatic nitrogens is 4. The van der Waals surface area contributed by atoms with Crippen molar-refractivity contribution in [3.63, 3.8) is 0 Å². The van der Waals surface area contributed by atoms with Crippen LogP contribution in [0.15, 0.2) is 19.0 Å². The van der Waals surface area contributed by atoms with Crippen molar-refractivity contribution in [2.24, 2.45) is 0 Å². The molecule has 0 atom stereocenters. The minimum Gasteiger partial charge on any atom is -0.357 e. The van der Waals surface area contributed by atoms with Crippen molar-refractivity contribution in [3.05, 3.63) is 57.8 Å². The van der Waals surface area contributed by atoms with Gasteiger partial charge in [-0.2, -0.15) is 0 Å². The predicted molar refractivity (Wildman–Crippen MR) is 122 cm³/mol. The molecule has 3 aromatic rings. The summed E-state index contributed by atoms with van der Waals surface area (Å²) in [7, 11) is 0. The van der Waals surface area contributed by atoms with Crippen LogP contribution in [0.25, 0.3) is 16.8 Å². The summed E-state index contributed by atoms with van der Waals surface area (Å²) in [6.45, 7) is 8.90. The van der Waals surface area contributed by atoms with Gasteiger partial charge >= 0.3 is 0 Å². The topological polar surface area (TPSA) is 95.6 Å². The molecule has 0 fully saturated rings. The van der Waals surface area contributed by atoms with Gasteiger partial charge in [0.25, 0.3) is 5.91 Å². The van der Waals surface area contributed by atoms with E-state index in [9.17, 15) is 4.79 Å². The van der Waals surface area contributed by atoms with Crippen LogP contribution in [-0.2, 0) is 25.7 Å². The molecule has 5 rings (SSSR count). The number of hydrogen-bond donors (Lipinski definition) is 3. The number of nitrogens with one attached hydrogen (secondary N) is 3. The first kappa shape index (κ1) is 19.8. The first-order valence-electron chi connectivity index (χ1n) is 10.5. The molecule has 1 aliphatic heterocycles. The van der Waals surface area contributed by atoms with Gasteiger partial charge in [0.2, 0.25) is 5.28 Å². The third-order valence-electron chi connectivity index (χ3n) is 6.00. The third kappa shape index (κ3) is 3.20. The Morgan fingerprint density at radius 2 is 2.03 bits per heavy atom. The lowest BCUT2D eigenvalue weighted by molar-refractivity contribution is 0.0945. The Kier molecular flexibility index (Phi) is 4.78. The summed E-state index contributed by atoms with van der Waals surface area (Å²) in [5, 5.41) is 6.52. The minimum absolute atomic E-state index is 0.00898. The summed E-state index contributed by atoms with van der Waals surface area (Å²) in [5.41, 5.74) is 8.87. The number of pyridine rings is 1. The van der Waals surface area contributed by atoms with Crippen molar-refractivity contribution in [1.82, 2.24) is 25.3 Å². The van der Waals surface area contributed by atoms with E-state index in [-0.39, 0.29) is 11.2 Å². The van der Waals surface area contributed by atoms with Crippen LogP contribution < -0.4 is 10.6 Å². The number of aromatic amines is 1. The first-order chi connectivity index (χ1) is 15.0. The Hall–Kier alpha value is -3.19. The SMILES string of the molecule is C=C(C)c1c(Nc2nc(Cl)ncc2CC)ncc2c1-c1[nH]c3c(c1CC2)C(=O)NCC3. The fourth-order valence-electron chi connectivity index (χ4n) is 4.57. The maximum absolute atomic E-state index is 12.6. The molecular formula is C23H23ClN6O. The van der Waals surface area contributed by atoms with Crippen LogP contribution in [0.2, 0.25) is 5.28 Å². The molecule has 0 spiro atoms. The molecule has 1 amide bonds. The molecule has 3 N–H and O–H groups in total. The van der Waals surface area contributed by atoms with Gasteiger partial charge in [0.15, 0.2) is 0 Å². The van der Waals surface area contributed by atoms with E-state index in [0.717, 1.165) is 76.0 Å². The van der Waals surface area contributed by atoms with Gasteiger partial charge in [0.05, 0.1) is 11.3 Å². The van der Waals surface area contributed by atoms with E-state index >= 15 is 0 Å². The van der Waals surface area contributed by atoms with Crippen molar-refractivity contribution in [2.45, 2.75) is 39.5 Å². The molecule has 2 aliphatic rings. The molecular weight excluding hydrogens is 412 g/mol. The molecule has 0 unspecified atom stereocenters. The summed E-state index contributed by atoms with van der Waals surface area (Å²) in [4.78, 5) is 29.3. The van der Waals surface area contributed by atoms with Gasteiger partial charge in [-0.1, -0.05) is 13.5 Å². The molecule has 158 valence electrons. The van der Waals surface area contributed by atoms with Crippen LogP contribution in [0.3, 0.4) is 0 Å². The number of halogens is 1. The van der Waals surface area contributed by atoms with E-state index in [1.165, 1.54) is 0 Å². The minimum atomic E-state index is 0.00898. The van der Waals surface area contributed by atoms with E-state index in [1.54, 1.807) is 6.20 Å². The number of allylic oxidation sites excluding steroid dienone is 1. The lowest BCUT2D eigenvalue weighted by atomic mass is 9.84. The van der Waals surface area contributed by atoms with Crippen LogP contribution in [0, 0.1) is 0 Å². The number of carbonyl (C=O) groups excluding carboxylic acids is 1. The molecule has 7 nitrogen and oxygen atoms in total. The molecule has 0 radical (unpaired) electrons. The molecule has 4 heterocycles. The Morgan fingerprint density at radius 3 is 2.81 bits per heavy atom. The highest BCUT2D eigenvalue weighted by Crippen LogP contribution is 2.43. The molecule has 0 saturated heterocycles. The molecule has 0 bridgehead atoms. The summed E-state index contributed by atoms with van der Waals surface area (Å²) < 4.78 is 0. The number of amides is 1. The number of hydrogen-bond acceptors (Lipinski definition) is 5. The molecule has 0 saturated carbocycles. The number of H-pyrrole nitrogens is 1. The lowest BCUT2D eigenvalue weighted by Crippen LogP contribution is -2.32. The van der Waals surface area contributed by atoms with E-state index in [2.05, 4.69) is 32.2 Å². The average Bonchev–Trinajstić information content (AvgIpc) is 3.13. The zero-order valence-corrected chi connectivity index (χ0v) is 18.3. The monoisotopic (exact) mass is 434 g/mol. The quantitative estimate of drug-likeness (QED) is 0.533. The Labute approximate surface area is 185 Å². The van der Waals surface area contributed by atoms with Crippen molar-refractivity contribution in [1.29, 1.82) is 0 Å². The van der Waals surface area contributed by atoms with Crippen LogP contribution >= 0.6 is 11.6 Å². The molecule has 31 heavy (non-hydrogen) atoms. The van der Waals surface area contributed by atoms with E-state index < -0.39 is 0 Å². The van der Waals surface area contributed by atoms with Crippen molar-refractivity contribution in [3.8, 4) is 11.3 Å². The summed E-state index contributed by atoms with van der Waals surface area (Å²) in [6, 6.07) is 0. The second-order valence-electron chi connectivity index (χ2n) is 7.99. The smallest absolute Gasteiger partial charge is 0.253 e. The van der Waals surface area contributed by atoms with Crippen molar-refractivity contribution < 1.29 is 4.79 Å². The van der Waals surface area contributed by atoms with Gasteiger partial charge in [0, 0.05) is 47.7 Å². The van der Waals surface area contributed by atoms with Gasteiger partial charge in [-0.25, -0.2) is 15.0 Å². The van der Waals surface area contributed by atoms with Gasteiger partial charge in [-0.05, 0) is 54.5 Å². The molecule has 8 heteroatoms. The van der Waals surface area contributed by atoms with Crippen LogP contribution in [-0.4, -0.2) is 32.4 Å². The van der Waals surface area contributed by atoms with E-state index in [4.69, 9.17) is 16.6 Å². The lowest BCUT2D eigenvalue weighted by Gasteiger charge is -2.23. The standard InChI is InChI=1S/C23H23ClN6O/c1-4-12-9-27-23(24)30-20(12)29-21-16(11(2)3)17-13(10-26-21)5-6-14-18-15(28-19(14)17)7-8-25-22(18)31/h9-10,28H,2,4-8H2,1,3H3,(H,25,31)(H,26,27,29,30). The number of anilines is 2. The normalized spacial score (nSPS) is 14.4. The maximum atomic E-state index is 12.6. The highest BCUT2D eigenvalue weighted by Gasteiger charge is 2.32. The average molecular weight is 435 g/mol. The van der Waals surface area contributed by atoms with E-state index in [0.29, 0.717) is 18.2 Å². The summed E-state index contributed by atoms with van der Waals surface area (Å²) in [5.74, 6) is 1.31. The zero-order valence-electron chi connectivity index (χ0n) is 17.5. The largest absolute Gasteiger partial charge is 0.357 e. The van der Waals surface area contributed by atoms with Gasteiger partial charge < -0.3 is 15.6 Å². The van der Waals surface area contributed by atoms with Crippen LogP contribution in [0.1, 0.15) is 52.2 Å². The maximum Gasteiger partial charge on any atom is 0.253 e. The van der Waals surface area contributed by atoms with Crippen LogP contribution in [0.5, 0.6) is 0 Å². The highest BCUT2D eigenvalue weighted by molar-refractivity contribution is 6.28. The number of carbonyl (C=O) groups is 1. The van der Waals surface area contributed by atoms with Crippen molar-refractivity contribution in [2.75, 3.05) is 11.9 Å². The number of nitrogens with zero attached hydrogens (tertiary/aromatic N) is 3.